The van der Waals surface area contributed by atoms with E-state index in [9.17, 15) is 0 Å². The van der Waals surface area contributed by atoms with Gasteiger partial charge in [-0.25, -0.2) is 0 Å². The quantitative estimate of drug-likeness (QED) is 0.650. The van der Waals surface area contributed by atoms with E-state index in [2.05, 4.69) is 31.8 Å². The van der Waals surface area contributed by atoms with E-state index >= 15 is 0 Å². The molecule has 0 atom stereocenters. The fraction of sp³-hybridized carbons (Fsp3) is 0.583. The molecule has 1 heterocycles. The van der Waals surface area contributed by atoms with Crippen molar-refractivity contribution in [3.8, 4) is 12.3 Å². The Morgan fingerprint density at radius 1 is 1.50 bits per heavy atom. The van der Waals surface area contributed by atoms with Crippen molar-refractivity contribution in [2.75, 3.05) is 0 Å². The lowest BCUT2D eigenvalue weighted by molar-refractivity contribution is 0.632. The van der Waals surface area contributed by atoms with Crippen LogP contribution in [0.1, 0.15) is 36.7 Å². The molecule has 0 amide bonds. The third kappa shape index (κ3) is 1.09. The fourth-order valence-corrected chi connectivity index (χ4v) is 2.29. The second kappa shape index (κ2) is 2.88. The standard InChI is InChI=1S/C12H16N2/c1-5-12(7-8-12)11-9(3)13-14(6-2)10(11)4/h1H,6-8H2,2-4H3. The fourth-order valence-electron chi connectivity index (χ4n) is 2.29. The van der Waals surface area contributed by atoms with E-state index in [1.54, 1.807) is 0 Å². The lowest BCUT2D eigenvalue weighted by Gasteiger charge is -2.08. The van der Waals surface area contributed by atoms with E-state index in [1.165, 1.54) is 11.3 Å². The summed E-state index contributed by atoms with van der Waals surface area (Å²) in [4.78, 5) is 0. The minimum atomic E-state index is 0.0294. The van der Waals surface area contributed by atoms with Crippen molar-refractivity contribution in [2.45, 2.75) is 45.6 Å². The first-order valence-electron chi connectivity index (χ1n) is 5.17. The smallest absolute Gasteiger partial charge is 0.0643 e. The van der Waals surface area contributed by atoms with Crippen LogP contribution in [-0.2, 0) is 12.0 Å². The number of nitrogens with zero attached hydrogens (tertiary/aromatic N) is 2. The number of rotatable bonds is 2. The summed E-state index contributed by atoms with van der Waals surface area (Å²) in [5.41, 5.74) is 3.70. The zero-order valence-corrected chi connectivity index (χ0v) is 9.09. The Balaban J connectivity index is 2.54. The molecule has 0 spiro atoms. The highest BCUT2D eigenvalue weighted by Gasteiger charge is 2.46. The summed E-state index contributed by atoms with van der Waals surface area (Å²) in [7, 11) is 0. The van der Waals surface area contributed by atoms with Crippen molar-refractivity contribution in [3.63, 3.8) is 0 Å². The first kappa shape index (κ1) is 9.33. The molecule has 0 aliphatic heterocycles. The van der Waals surface area contributed by atoms with E-state index < -0.39 is 0 Å². The zero-order chi connectivity index (χ0) is 10.3. The van der Waals surface area contributed by atoms with Gasteiger partial charge in [-0.2, -0.15) is 5.10 Å². The molecule has 1 aliphatic rings. The van der Waals surface area contributed by atoms with Gasteiger partial charge in [0.05, 0.1) is 11.1 Å². The molecule has 1 aromatic heterocycles. The van der Waals surface area contributed by atoms with Crippen molar-refractivity contribution in [3.05, 3.63) is 17.0 Å². The first-order chi connectivity index (χ1) is 6.64. The Morgan fingerprint density at radius 2 is 2.14 bits per heavy atom. The molecular formula is C12H16N2. The van der Waals surface area contributed by atoms with E-state index in [0.29, 0.717) is 0 Å². The van der Waals surface area contributed by atoms with Crippen molar-refractivity contribution < 1.29 is 0 Å². The van der Waals surface area contributed by atoms with Crippen LogP contribution in [0.15, 0.2) is 0 Å². The molecule has 1 aliphatic carbocycles. The van der Waals surface area contributed by atoms with Gasteiger partial charge in [-0.15, -0.1) is 6.42 Å². The summed E-state index contributed by atoms with van der Waals surface area (Å²) in [6.07, 6.45) is 7.85. The zero-order valence-electron chi connectivity index (χ0n) is 9.09. The number of hydrogen-bond acceptors (Lipinski definition) is 1. The van der Waals surface area contributed by atoms with Gasteiger partial charge in [0.1, 0.15) is 0 Å². The number of aryl methyl sites for hydroxylation is 2. The molecule has 0 N–H and O–H groups in total. The molecule has 2 heteroatoms. The second-order valence-electron chi connectivity index (χ2n) is 4.09. The molecule has 0 bridgehead atoms. The summed E-state index contributed by atoms with van der Waals surface area (Å²) >= 11 is 0. The number of aromatic nitrogens is 2. The summed E-state index contributed by atoms with van der Waals surface area (Å²) in [5, 5.41) is 4.50. The van der Waals surface area contributed by atoms with Gasteiger partial charge in [0.25, 0.3) is 0 Å². The van der Waals surface area contributed by atoms with Crippen molar-refractivity contribution in [1.82, 2.24) is 9.78 Å². The summed E-state index contributed by atoms with van der Waals surface area (Å²) in [6.45, 7) is 7.22. The molecule has 2 nitrogen and oxygen atoms in total. The van der Waals surface area contributed by atoms with E-state index in [1.807, 2.05) is 4.68 Å². The van der Waals surface area contributed by atoms with Crippen LogP contribution >= 0.6 is 0 Å². The van der Waals surface area contributed by atoms with Crippen LogP contribution < -0.4 is 0 Å². The summed E-state index contributed by atoms with van der Waals surface area (Å²) in [6, 6.07) is 0. The minimum absolute atomic E-state index is 0.0294. The predicted molar refractivity (Wildman–Crippen MR) is 57.1 cm³/mol. The molecule has 0 unspecified atom stereocenters. The molecule has 1 aromatic rings. The highest BCUT2D eigenvalue weighted by molar-refractivity contribution is 5.45. The van der Waals surface area contributed by atoms with Gasteiger partial charge in [0.2, 0.25) is 0 Å². The topological polar surface area (TPSA) is 17.8 Å². The van der Waals surface area contributed by atoms with Crippen LogP contribution in [0, 0.1) is 26.2 Å². The molecule has 74 valence electrons. The number of terminal acetylenes is 1. The predicted octanol–water partition coefficient (Wildman–Crippen LogP) is 2.18. The molecule has 0 aromatic carbocycles. The normalized spacial score (nSPS) is 17.9. The average Bonchev–Trinajstić information content (AvgIpc) is 2.90. The largest absolute Gasteiger partial charge is 0.270 e. The molecule has 2 rings (SSSR count). The SMILES string of the molecule is C#CC1(c2c(C)nn(CC)c2C)CC1. The average molecular weight is 188 g/mol. The van der Waals surface area contributed by atoms with Crippen LogP contribution in [0.4, 0.5) is 0 Å². The maximum absolute atomic E-state index is 5.60. The molecule has 14 heavy (non-hydrogen) atoms. The summed E-state index contributed by atoms with van der Waals surface area (Å²) < 4.78 is 2.04. The second-order valence-corrected chi connectivity index (χ2v) is 4.09. The van der Waals surface area contributed by atoms with E-state index in [0.717, 1.165) is 25.1 Å². The Bertz CT molecular complexity index is 403. The third-order valence-corrected chi connectivity index (χ3v) is 3.19. The minimum Gasteiger partial charge on any atom is -0.270 e. The van der Waals surface area contributed by atoms with Crippen molar-refractivity contribution in [2.24, 2.45) is 0 Å². The van der Waals surface area contributed by atoms with Crippen LogP contribution in [0.25, 0.3) is 0 Å². The molecular weight excluding hydrogens is 172 g/mol. The highest BCUT2D eigenvalue weighted by Crippen LogP contribution is 2.49. The van der Waals surface area contributed by atoms with Crippen LogP contribution in [0.3, 0.4) is 0 Å². The molecule has 0 saturated heterocycles. The van der Waals surface area contributed by atoms with Gasteiger partial charge in [-0.3, -0.25) is 4.68 Å². The van der Waals surface area contributed by atoms with Crippen molar-refractivity contribution >= 4 is 0 Å². The lowest BCUT2D eigenvalue weighted by atomic mass is 9.95. The van der Waals surface area contributed by atoms with E-state index in [4.69, 9.17) is 6.42 Å². The molecule has 0 radical (unpaired) electrons. The van der Waals surface area contributed by atoms with Gasteiger partial charge in [-0.1, -0.05) is 5.92 Å². The lowest BCUT2D eigenvalue weighted by Crippen LogP contribution is -2.06. The van der Waals surface area contributed by atoms with Gasteiger partial charge in [0.15, 0.2) is 0 Å². The molecule has 1 saturated carbocycles. The van der Waals surface area contributed by atoms with Gasteiger partial charge >= 0.3 is 0 Å². The Labute approximate surface area is 85.3 Å². The van der Waals surface area contributed by atoms with E-state index in [-0.39, 0.29) is 5.41 Å². The van der Waals surface area contributed by atoms with Crippen LogP contribution in [-0.4, -0.2) is 9.78 Å². The van der Waals surface area contributed by atoms with Crippen molar-refractivity contribution in [1.29, 1.82) is 0 Å². The third-order valence-electron chi connectivity index (χ3n) is 3.19. The van der Waals surface area contributed by atoms with Crippen LogP contribution in [0.2, 0.25) is 0 Å². The van der Waals surface area contributed by atoms with Gasteiger partial charge in [-0.05, 0) is 33.6 Å². The monoisotopic (exact) mass is 188 g/mol. The molecule has 1 fully saturated rings. The maximum Gasteiger partial charge on any atom is 0.0643 e. The summed E-state index contributed by atoms with van der Waals surface area (Å²) in [5.74, 6) is 2.93. The Hall–Kier alpha value is -1.23. The van der Waals surface area contributed by atoms with Crippen LogP contribution in [0.5, 0.6) is 0 Å². The Morgan fingerprint density at radius 3 is 2.50 bits per heavy atom. The highest BCUT2D eigenvalue weighted by atomic mass is 15.3. The maximum atomic E-state index is 5.60. The number of hydrogen-bond donors (Lipinski definition) is 0. The van der Waals surface area contributed by atoms with Gasteiger partial charge in [0, 0.05) is 17.8 Å². The van der Waals surface area contributed by atoms with Gasteiger partial charge < -0.3 is 0 Å². The first-order valence-corrected chi connectivity index (χ1v) is 5.17. The Kier molecular flexibility index (Phi) is 1.92.